The molecule has 7 heteroatoms. The zero-order valence-corrected chi connectivity index (χ0v) is 13.0. The van der Waals surface area contributed by atoms with Gasteiger partial charge in [-0.25, -0.2) is 9.78 Å². The van der Waals surface area contributed by atoms with Gasteiger partial charge in [-0.2, -0.15) is 0 Å². The van der Waals surface area contributed by atoms with Crippen molar-refractivity contribution in [3.8, 4) is 0 Å². The molecule has 0 aromatic carbocycles. The summed E-state index contributed by atoms with van der Waals surface area (Å²) in [6, 6.07) is 2.64. The van der Waals surface area contributed by atoms with Crippen molar-refractivity contribution in [3.63, 3.8) is 0 Å². The zero-order chi connectivity index (χ0) is 15.4. The second-order valence-electron chi connectivity index (χ2n) is 4.68. The van der Waals surface area contributed by atoms with Crippen molar-refractivity contribution in [2.75, 3.05) is 5.32 Å². The number of carbonyl (C=O) groups is 1. The molecular formula is C14H18N4O2S. The van der Waals surface area contributed by atoms with Crippen molar-refractivity contribution < 1.29 is 4.79 Å². The lowest BCUT2D eigenvalue weighted by Gasteiger charge is -2.12. The molecule has 21 heavy (non-hydrogen) atoms. The van der Waals surface area contributed by atoms with Crippen molar-refractivity contribution in [3.05, 3.63) is 44.8 Å². The number of urea groups is 1. The van der Waals surface area contributed by atoms with Crippen LogP contribution in [0.4, 0.5) is 10.5 Å². The van der Waals surface area contributed by atoms with Gasteiger partial charge in [-0.3, -0.25) is 4.79 Å². The van der Waals surface area contributed by atoms with Crippen molar-refractivity contribution in [2.24, 2.45) is 7.05 Å². The molecule has 0 unspecified atom stereocenters. The quantitative estimate of drug-likeness (QED) is 0.910. The summed E-state index contributed by atoms with van der Waals surface area (Å²) in [5, 5.41) is 8.31. The van der Waals surface area contributed by atoms with Gasteiger partial charge in [0, 0.05) is 18.6 Å². The highest BCUT2D eigenvalue weighted by Crippen LogP contribution is 2.16. The van der Waals surface area contributed by atoms with Crippen LogP contribution in [0.1, 0.15) is 30.6 Å². The van der Waals surface area contributed by atoms with Gasteiger partial charge >= 0.3 is 6.03 Å². The second kappa shape index (κ2) is 6.53. The van der Waals surface area contributed by atoms with Crippen molar-refractivity contribution >= 4 is 23.1 Å². The van der Waals surface area contributed by atoms with Crippen LogP contribution in [0.15, 0.2) is 28.5 Å². The average Bonchev–Trinajstić information content (AvgIpc) is 2.93. The standard InChI is InChI=1S/C14H18N4O2S/c1-4-12-16-11(8-21-12)9(2)15-14(20)17-10-6-5-7-18(3)13(10)19/h5-9H,4H2,1-3H3,(H2,15,17,20)/t9-/m0/s1. The molecule has 0 radical (unpaired) electrons. The van der Waals surface area contributed by atoms with Crippen LogP contribution >= 0.6 is 11.3 Å². The Bertz CT molecular complexity index is 692. The van der Waals surface area contributed by atoms with Gasteiger partial charge in [-0.15, -0.1) is 11.3 Å². The molecule has 2 aromatic rings. The minimum atomic E-state index is -0.420. The number of pyridine rings is 1. The third-order valence-corrected chi connectivity index (χ3v) is 4.05. The highest BCUT2D eigenvalue weighted by Gasteiger charge is 2.13. The van der Waals surface area contributed by atoms with Gasteiger partial charge in [0.25, 0.3) is 5.56 Å². The molecule has 0 bridgehead atoms. The number of rotatable bonds is 4. The third-order valence-electron chi connectivity index (χ3n) is 3.03. The first kappa shape index (κ1) is 15.2. The number of nitrogens with zero attached hydrogens (tertiary/aromatic N) is 2. The molecule has 0 aliphatic carbocycles. The van der Waals surface area contributed by atoms with Crippen LogP contribution < -0.4 is 16.2 Å². The molecule has 0 fully saturated rings. The number of hydrogen-bond donors (Lipinski definition) is 2. The normalized spacial score (nSPS) is 12.0. The van der Waals surface area contributed by atoms with E-state index in [1.54, 1.807) is 36.7 Å². The van der Waals surface area contributed by atoms with E-state index in [4.69, 9.17) is 0 Å². The van der Waals surface area contributed by atoms with E-state index in [2.05, 4.69) is 15.6 Å². The molecule has 2 aromatic heterocycles. The number of nitrogens with one attached hydrogen (secondary N) is 2. The fourth-order valence-corrected chi connectivity index (χ4v) is 2.65. The Hall–Kier alpha value is -2.15. The Kier molecular flexibility index (Phi) is 4.74. The largest absolute Gasteiger partial charge is 0.330 e. The predicted molar refractivity (Wildman–Crippen MR) is 83.7 cm³/mol. The lowest BCUT2D eigenvalue weighted by molar-refractivity contribution is 0.249. The summed E-state index contributed by atoms with van der Waals surface area (Å²) >= 11 is 1.58. The molecule has 2 rings (SSSR count). The molecule has 2 heterocycles. The summed E-state index contributed by atoms with van der Waals surface area (Å²) in [6.07, 6.45) is 2.51. The first-order valence-electron chi connectivity index (χ1n) is 6.68. The predicted octanol–water partition coefficient (Wildman–Crippen LogP) is 2.29. The minimum Gasteiger partial charge on any atom is -0.330 e. The van der Waals surface area contributed by atoms with Crippen LogP contribution in [0.2, 0.25) is 0 Å². The first-order valence-corrected chi connectivity index (χ1v) is 7.56. The zero-order valence-electron chi connectivity index (χ0n) is 12.2. The molecule has 0 saturated carbocycles. The van der Waals surface area contributed by atoms with E-state index in [1.165, 1.54) is 4.57 Å². The van der Waals surface area contributed by atoms with Crippen molar-refractivity contribution in [1.82, 2.24) is 14.9 Å². The van der Waals surface area contributed by atoms with Crippen LogP contribution in [-0.4, -0.2) is 15.6 Å². The van der Waals surface area contributed by atoms with E-state index in [0.717, 1.165) is 17.1 Å². The van der Waals surface area contributed by atoms with Crippen LogP contribution in [-0.2, 0) is 13.5 Å². The number of thiazole rings is 1. The van der Waals surface area contributed by atoms with Gasteiger partial charge in [0.1, 0.15) is 5.69 Å². The van der Waals surface area contributed by atoms with Gasteiger partial charge in [0.15, 0.2) is 0 Å². The van der Waals surface area contributed by atoms with Crippen LogP contribution in [0.3, 0.4) is 0 Å². The SMILES string of the molecule is CCc1nc([C@H](C)NC(=O)Nc2cccn(C)c2=O)cs1. The Morgan fingerprint density at radius 3 is 2.95 bits per heavy atom. The molecule has 0 saturated heterocycles. The highest BCUT2D eigenvalue weighted by molar-refractivity contribution is 7.09. The maximum Gasteiger partial charge on any atom is 0.319 e. The Balaban J connectivity index is 2.01. The van der Waals surface area contributed by atoms with E-state index in [1.807, 2.05) is 19.2 Å². The molecule has 6 nitrogen and oxygen atoms in total. The maximum absolute atomic E-state index is 11.9. The molecular weight excluding hydrogens is 288 g/mol. The Labute approximate surface area is 126 Å². The summed E-state index contributed by atoms with van der Waals surface area (Å²) in [5.74, 6) is 0. The highest BCUT2D eigenvalue weighted by atomic mass is 32.1. The smallest absolute Gasteiger partial charge is 0.319 e. The van der Waals surface area contributed by atoms with Gasteiger partial charge in [-0.05, 0) is 25.5 Å². The van der Waals surface area contributed by atoms with Gasteiger partial charge in [-0.1, -0.05) is 6.92 Å². The summed E-state index contributed by atoms with van der Waals surface area (Å²) in [4.78, 5) is 28.2. The number of amides is 2. The topological polar surface area (TPSA) is 76.0 Å². The van der Waals surface area contributed by atoms with Gasteiger partial charge in [0.05, 0.1) is 16.7 Å². The number of aromatic nitrogens is 2. The van der Waals surface area contributed by atoms with E-state index in [9.17, 15) is 9.59 Å². The lowest BCUT2D eigenvalue weighted by Crippen LogP contribution is -2.34. The summed E-state index contributed by atoms with van der Waals surface area (Å²) in [5.41, 5.74) is 0.826. The van der Waals surface area contributed by atoms with Crippen LogP contribution in [0, 0.1) is 0 Å². The number of aryl methyl sites for hydroxylation is 2. The first-order chi connectivity index (χ1) is 10.0. The third kappa shape index (κ3) is 3.69. The monoisotopic (exact) mass is 306 g/mol. The number of carbonyl (C=O) groups excluding carboxylic acids is 1. The summed E-state index contributed by atoms with van der Waals surface area (Å²) < 4.78 is 1.41. The van der Waals surface area contributed by atoms with Gasteiger partial charge < -0.3 is 15.2 Å². The molecule has 0 aliphatic rings. The molecule has 2 N–H and O–H groups in total. The Morgan fingerprint density at radius 2 is 2.29 bits per heavy atom. The summed E-state index contributed by atoms with van der Waals surface area (Å²) in [7, 11) is 1.63. The molecule has 1 atom stereocenters. The molecule has 0 aliphatic heterocycles. The Morgan fingerprint density at radius 1 is 1.52 bits per heavy atom. The van der Waals surface area contributed by atoms with Crippen LogP contribution in [0.5, 0.6) is 0 Å². The van der Waals surface area contributed by atoms with E-state index >= 15 is 0 Å². The van der Waals surface area contributed by atoms with E-state index < -0.39 is 6.03 Å². The van der Waals surface area contributed by atoms with E-state index in [-0.39, 0.29) is 17.3 Å². The second-order valence-corrected chi connectivity index (χ2v) is 5.62. The van der Waals surface area contributed by atoms with Crippen molar-refractivity contribution in [1.29, 1.82) is 0 Å². The van der Waals surface area contributed by atoms with Crippen molar-refractivity contribution in [2.45, 2.75) is 26.3 Å². The average molecular weight is 306 g/mol. The van der Waals surface area contributed by atoms with Gasteiger partial charge in [0.2, 0.25) is 0 Å². The molecule has 112 valence electrons. The van der Waals surface area contributed by atoms with E-state index in [0.29, 0.717) is 0 Å². The molecule has 2 amide bonds. The maximum atomic E-state index is 11.9. The fourth-order valence-electron chi connectivity index (χ4n) is 1.81. The summed E-state index contributed by atoms with van der Waals surface area (Å²) in [6.45, 7) is 3.90. The van der Waals surface area contributed by atoms with Crippen LogP contribution in [0.25, 0.3) is 0 Å². The lowest BCUT2D eigenvalue weighted by atomic mass is 10.2. The number of anilines is 1. The molecule has 0 spiro atoms. The fraction of sp³-hybridized carbons (Fsp3) is 0.357. The number of hydrogen-bond acceptors (Lipinski definition) is 4. The minimum absolute atomic E-state index is 0.214.